The van der Waals surface area contributed by atoms with Crippen LogP contribution >= 0.6 is 11.3 Å². The molecule has 0 saturated heterocycles. The van der Waals surface area contributed by atoms with Crippen LogP contribution < -0.4 is 0 Å². The molecule has 5 heteroatoms. The average Bonchev–Trinajstić information content (AvgIpc) is 2.58. The molecule has 0 bridgehead atoms. The Balaban J connectivity index is 2.59. The largest absolute Gasteiger partial charge is 0.478 e. The molecule has 0 radical (unpaired) electrons. The van der Waals surface area contributed by atoms with Crippen LogP contribution in [-0.4, -0.2) is 11.1 Å². The maximum atomic E-state index is 13.0. The van der Waals surface area contributed by atoms with Gasteiger partial charge < -0.3 is 5.11 Å². The monoisotopic (exact) mass is 242 g/mol. The molecule has 2 aromatic rings. The molecule has 0 aliphatic rings. The second-order valence-electron chi connectivity index (χ2n) is 3.56. The van der Waals surface area contributed by atoms with Gasteiger partial charge in [0.05, 0.1) is 10.4 Å². The Bertz CT molecular complexity index is 555. The standard InChI is InChI=1S/C11H8F2O2S/c1-11(12,13)9-5-7-4-6(10(14)15)2-3-8(7)16-9/h2-5H,1H3,(H,14,15). The fourth-order valence-corrected chi connectivity index (χ4v) is 2.37. The van der Waals surface area contributed by atoms with Gasteiger partial charge in [0.15, 0.2) is 0 Å². The molecule has 0 saturated carbocycles. The van der Waals surface area contributed by atoms with E-state index in [0.29, 0.717) is 10.1 Å². The molecule has 0 amide bonds. The summed E-state index contributed by atoms with van der Waals surface area (Å²) in [4.78, 5) is 10.7. The van der Waals surface area contributed by atoms with E-state index in [1.807, 2.05) is 0 Å². The molecule has 1 aromatic heterocycles. The number of alkyl halides is 2. The maximum absolute atomic E-state index is 13.0. The summed E-state index contributed by atoms with van der Waals surface area (Å²) in [6.07, 6.45) is 0. The van der Waals surface area contributed by atoms with Crippen LogP contribution in [-0.2, 0) is 5.92 Å². The van der Waals surface area contributed by atoms with Crippen LogP contribution in [0.25, 0.3) is 10.1 Å². The van der Waals surface area contributed by atoms with E-state index >= 15 is 0 Å². The molecule has 2 nitrogen and oxygen atoms in total. The molecule has 1 aromatic carbocycles. The molecule has 84 valence electrons. The van der Waals surface area contributed by atoms with Gasteiger partial charge in [-0.2, -0.15) is 0 Å². The zero-order valence-electron chi connectivity index (χ0n) is 8.33. The van der Waals surface area contributed by atoms with Gasteiger partial charge in [0.1, 0.15) is 0 Å². The molecule has 16 heavy (non-hydrogen) atoms. The van der Waals surface area contributed by atoms with Crippen molar-refractivity contribution in [1.82, 2.24) is 0 Å². The van der Waals surface area contributed by atoms with Gasteiger partial charge in [-0.05, 0) is 29.7 Å². The van der Waals surface area contributed by atoms with Crippen LogP contribution in [0.1, 0.15) is 22.2 Å². The second kappa shape index (κ2) is 3.52. The Morgan fingerprint density at radius 1 is 1.38 bits per heavy atom. The van der Waals surface area contributed by atoms with Gasteiger partial charge in [-0.15, -0.1) is 11.3 Å². The minimum absolute atomic E-state index is 0.0509. The van der Waals surface area contributed by atoms with Crippen molar-refractivity contribution in [3.63, 3.8) is 0 Å². The van der Waals surface area contributed by atoms with Crippen LogP contribution in [0.5, 0.6) is 0 Å². The molecule has 0 spiro atoms. The van der Waals surface area contributed by atoms with Crippen molar-refractivity contribution in [2.75, 3.05) is 0 Å². The SMILES string of the molecule is CC(F)(F)c1cc2cc(C(=O)O)ccc2s1. The van der Waals surface area contributed by atoms with Crippen molar-refractivity contribution in [2.45, 2.75) is 12.8 Å². The number of carbonyl (C=O) groups is 1. The highest BCUT2D eigenvalue weighted by atomic mass is 32.1. The van der Waals surface area contributed by atoms with Gasteiger partial charge in [-0.3, -0.25) is 0 Å². The first kappa shape index (κ1) is 11.0. The van der Waals surface area contributed by atoms with Gasteiger partial charge >= 0.3 is 5.97 Å². The zero-order valence-corrected chi connectivity index (χ0v) is 9.15. The van der Waals surface area contributed by atoms with E-state index in [2.05, 4.69) is 0 Å². The van der Waals surface area contributed by atoms with E-state index in [0.717, 1.165) is 18.3 Å². The van der Waals surface area contributed by atoms with Crippen LogP contribution in [0.4, 0.5) is 8.78 Å². The molecule has 1 N–H and O–H groups in total. The van der Waals surface area contributed by atoms with Gasteiger partial charge in [0.2, 0.25) is 0 Å². The first-order valence-electron chi connectivity index (χ1n) is 4.53. The molecule has 0 aliphatic heterocycles. The molecular weight excluding hydrogens is 234 g/mol. The van der Waals surface area contributed by atoms with Crippen LogP contribution in [0, 0.1) is 0 Å². The van der Waals surface area contributed by atoms with Crippen molar-refractivity contribution >= 4 is 27.4 Å². The smallest absolute Gasteiger partial charge is 0.335 e. The number of fused-ring (bicyclic) bond motifs is 1. The van der Waals surface area contributed by atoms with Crippen molar-refractivity contribution in [3.05, 3.63) is 34.7 Å². The number of aromatic carboxylic acids is 1. The fourth-order valence-electron chi connectivity index (χ4n) is 1.39. The van der Waals surface area contributed by atoms with E-state index in [4.69, 9.17) is 5.11 Å². The second-order valence-corrected chi connectivity index (χ2v) is 4.64. The maximum Gasteiger partial charge on any atom is 0.335 e. The third-order valence-electron chi connectivity index (χ3n) is 2.20. The lowest BCUT2D eigenvalue weighted by Gasteiger charge is -2.04. The van der Waals surface area contributed by atoms with Crippen LogP contribution in [0.3, 0.4) is 0 Å². The highest BCUT2D eigenvalue weighted by molar-refractivity contribution is 7.19. The topological polar surface area (TPSA) is 37.3 Å². The average molecular weight is 242 g/mol. The highest BCUT2D eigenvalue weighted by Gasteiger charge is 2.26. The van der Waals surface area contributed by atoms with Crippen LogP contribution in [0.15, 0.2) is 24.3 Å². The van der Waals surface area contributed by atoms with Crippen molar-refractivity contribution in [3.8, 4) is 0 Å². The lowest BCUT2D eigenvalue weighted by atomic mass is 10.1. The Hall–Kier alpha value is -1.49. The lowest BCUT2D eigenvalue weighted by Crippen LogP contribution is -2.02. The molecule has 0 atom stereocenters. The third-order valence-corrected chi connectivity index (χ3v) is 3.48. The summed E-state index contributed by atoms with van der Waals surface area (Å²) in [6.45, 7) is 0.829. The first-order valence-corrected chi connectivity index (χ1v) is 5.35. The fraction of sp³-hybridized carbons (Fsp3) is 0.182. The Labute approximate surface area is 94.1 Å². The summed E-state index contributed by atoms with van der Waals surface area (Å²) < 4.78 is 26.8. The van der Waals surface area contributed by atoms with Gasteiger partial charge in [0, 0.05) is 11.6 Å². The summed E-state index contributed by atoms with van der Waals surface area (Å²) in [7, 11) is 0. The number of carboxylic acid groups (broad SMARTS) is 1. The first-order chi connectivity index (χ1) is 7.38. The Morgan fingerprint density at radius 2 is 2.06 bits per heavy atom. The quantitative estimate of drug-likeness (QED) is 0.871. The van der Waals surface area contributed by atoms with Crippen molar-refractivity contribution in [1.29, 1.82) is 0 Å². The summed E-state index contributed by atoms with van der Waals surface area (Å²) >= 11 is 0.982. The minimum atomic E-state index is -2.88. The summed E-state index contributed by atoms with van der Waals surface area (Å²) in [5.74, 6) is -3.94. The number of hydrogen-bond donors (Lipinski definition) is 1. The Kier molecular flexibility index (Phi) is 2.42. The van der Waals surface area contributed by atoms with E-state index in [-0.39, 0.29) is 10.4 Å². The lowest BCUT2D eigenvalue weighted by molar-refractivity contribution is 0.0216. The molecule has 1 heterocycles. The van der Waals surface area contributed by atoms with E-state index in [1.165, 1.54) is 18.2 Å². The molecule has 0 unspecified atom stereocenters. The molecule has 0 aliphatic carbocycles. The zero-order chi connectivity index (χ0) is 11.9. The van der Waals surface area contributed by atoms with Crippen molar-refractivity contribution in [2.24, 2.45) is 0 Å². The van der Waals surface area contributed by atoms with Gasteiger partial charge in [-0.1, -0.05) is 0 Å². The number of halogens is 2. The Morgan fingerprint density at radius 3 is 2.62 bits per heavy atom. The number of hydrogen-bond acceptors (Lipinski definition) is 2. The third kappa shape index (κ3) is 1.90. The van der Waals surface area contributed by atoms with E-state index in [1.54, 1.807) is 6.07 Å². The summed E-state index contributed by atoms with van der Waals surface area (Å²) in [5, 5.41) is 9.31. The molecular formula is C11H8F2O2S. The van der Waals surface area contributed by atoms with E-state index < -0.39 is 11.9 Å². The summed E-state index contributed by atoms with van der Waals surface area (Å²) in [6, 6.07) is 5.72. The van der Waals surface area contributed by atoms with Crippen LogP contribution in [0.2, 0.25) is 0 Å². The minimum Gasteiger partial charge on any atom is -0.478 e. The van der Waals surface area contributed by atoms with Gasteiger partial charge in [-0.25, -0.2) is 13.6 Å². The molecule has 2 rings (SSSR count). The number of thiophene rings is 1. The number of benzene rings is 1. The number of carboxylic acids is 1. The number of rotatable bonds is 2. The van der Waals surface area contributed by atoms with Gasteiger partial charge in [0.25, 0.3) is 5.92 Å². The predicted octanol–water partition coefficient (Wildman–Crippen LogP) is 3.71. The predicted molar refractivity (Wildman–Crippen MR) is 58.4 cm³/mol. The normalized spacial score (nSPS) is 11.9. The summed E-state index contributed by atoms with van der Waals surface area (Å²) in [5.41, 5.74) is 0.108. The van der Waals surface area contributed by atoms with E-state index in [9.17, 15) is 13.6 Å². The highest BCUT2D eigenvalue weighted by Crippen LogP contribution is 2.36. The molecule has 0 fully saturated rings. The van der Waals surface area contributed by atoms with Crippen molar-refractivity contribution < 1.29 is 18.7 Å².